The van der Waals surface area contributed by atoms with Gasteiger partial charge in [-0.15, -0.1) is 0 Å². The summed E-state index contributed by atoms with van der Waals surface area (Å²) < 4.78 is 0. The Morgan fingerprint density at radius 2 is 2.33 bits per heavy atom. The summed E-state index contributed by atoms with van der Waals surface area (Å²) in [5.74, 6) is 0. The van der Waals surface area contributed by atoms with Gasteiger partial charge in [0.25, 0.3) is 0 Å². The van der Waals surface area contributed by atoms with Crippen LogP contribution in [0.1, 0.15) is 25.5 Å². The van der Waals surface area contributed by atoms with E-state index in [9.17, 15) is 0 Å². The van der Waals surface area contributed by atoms with Crippen LogP contribution in [-0.4, -0.2) is 47.5 Å². The molecule has 0 amide bonds. The van der Waals surface area contributed by atoms with Crippen molar-refractivity contribution in [3.05, 3.63) is 29.0 Å². The zero-order valence-electron chi connectivity index (χ0n) is 11.3. The van der Waals surface area contributed by atoms with Crippen molar-refractivity contribution in [1.29, 1.82) is 0 Å². The summed E-state index contributed by atoms with van der Waals surface area (Å²) in [5.41, 5.74) is 1.05. The van der Waals surface area contributed by atoms with Crippen molar-refractivity contribution in [2.45, 2.75) is 32.4 Å². The Morgan fingerprint density at radius 1 is 1.50 bits per heavy atom. The molecule has 0 radical (unpaired) electrons. The molecule has 1 aromatic heterocycles. The molecule has 0 bridgehead atoms. The van der Waals surface area contributed by atoms with E-state index >= 15 is 0 Å². The van der Waals surface area contributed by atoms with Gasteiger partial charge in [-0.1, -0.05) is 24.6 Å². The third-order valence-electron chi connectivity index (χ3n) is 3.63. The summed E-state index contributed by atoms with van der Waals surface area (Å²) >= 11 is 5.91. The lowest BCUT2D eigenvalue weighted by Gasteiger charge is -2.27. The van der Waals surface area contributed by atoms with Crippen molar-refractivity contribution in [3.63, 3.8) is 0 Å². The molecule has 4 heteroatoms. The second-order valence-electron chi connectivity index (χ2n) is 5.07. The first-order valence-electron chi connectivity index (χ1n) is 6.73. The zero-order valence-corrected chi connectivity index (χ0v) is 12.0. The molecule has 0 N–H and O–H groups in total. The Balaban J connectivity index is 1.86. The van der Waals surface area contributed by atoms with Gasteiger partial charge in [0.2, 0.25) is 0 Å². The summed E-state index contributed by atoms with van der Waals surface area (Å²) in [6.07, 6.45) is 2.66. The minimum absolute atomic E-state index is 0.581. The van der Waals surface area contributed by atoms with Crippen LogP contribution in [0.15, 0.2) is 18.2 Å². The van der Waals surface area contributed by atoms with Crippen molar-refractivity contribution in [1.82, 2.24) is 14.8 Å². The van der Waals surface area contributed by atoms with E-state index in [0.717, 1.165) is 25.3 Å². The molecular weight excluding hydrogens is 246 g/mol. The van der Waals surface area contributed by atoms with E-state index in [1.165, 1.54) is 19.4 Å². The minimum atomic E-state index is 0.581. The van der Waals surface area contributed by atoms with Crippen molar-refractivity contribution >= 4 is 11.6 Å². The zero-order chi connectivity index (χ0) is 13.0. The molecule has 0 spiro atoms. The first-order chi connectivity index (χ1) is 8.69. The number of likely N-dealkylation sites (tertiary alicyclic amines) is 1. The molecule has 1 aliphatic heterocycles. The number of nitrogens with zero attached hydrogens (tertiary/aromatic N) is 3. The van der Waals surface area contributed by atoms with Crippen LogP contribution in [-0.2, 0) is 6.54 Å². The van der Waals surface area contributed by atoms with Gasteiger partial charge in [0.1, 0.15) is 5.15 Å². The van der Waals surface area contributed by atoms with Gasteiger partial charge in [-0.3, -0.25) is 9.80 Å². The van der Waals surface area contributed by atoms with Crippen LogP contribution in [0.4, 0.5) is 0 Å². The molecule has 3 nitrogen and oxygen atoms in total. The van der Waals surface area contributed by atoms with Crippen LogP contribution in [0.25, 0.3) is 0 Å². The van der Waals surface area contributed by atoms with Crippen molar-refractivity contribution < 1.29 is 0 Å². The van der Waals surface area contributed by atoms with Gasteiger partial charge < -0.3 is 0 Å². The lowest BCUT2D eigenvalue weighted by molar-refractivity contribution is 0.194. The average Bonchev–Trinajstić information content (AvgIpc) is 2.76. The molecule has 1 atom stereocenters. The number of hydrogen-bond acceptors (Lipinski definition) is 3. The molecule has 100 valence electrons. The molecule has 1 aliphatic rings. The monoisotopic (exact) mass is 267 g/mol. The Hall–Kier alpha value is -0.640. The fraction of sp³-hybridized carbons (Fsp3) is 0.643. The fourth-order valence-electron chi connectivity index (χ4n) is 2.76. The molecule has 1 saturated heterocycles. The SMILES string of the molecule is CCN1CCCC1CN(C)Cc1cccc(Cl)n1. The van der Waals surface area contributed by atoms with Crippen LogP contribution in [0.5, 0.6) is 0 Å². The maximum Gasteiger partial charge on any atom is 0.129 e. The number of hydrogen-bond donors (Lipinski definition) is 0. The van der Waals surface area contributed by atoms with Crippen LogP contribution < -0.4 is 0 Å². The molecule has 18 heavy (non-hydrogen) atoms. The molecule has 2 heterocycles. The van der Waals surface area contributed by atoms with Crippen molar-refractivity contribution in [2.24, 2.45) is 0 Å². The number of likely N-dealkylation sites (N-methyl/N-ethyl adjacent to an activating group) is 2. The summed E-state index contributed by atoms with van der Waals surface area (Å²) in [7, 11) is 2.16. The highest BCUT2D eigenvalue weighted by Gasteiger charge is 2.23. The van der Waals surface area contributed by atoms with E-state index in [2.05, 4.69) is 28.8 Å². The standard InChI is InChI=1S/C14H22ClN3/c1-3-18-9-5-7-13(18)11-17(2)10-12-6-4-8-14(15)16-12/h4,6,8,13H,3,5,7,9-11H2,1-2H3. The van der Waals surface area contributed by atoms with Gasteiger partial charge in [0.15, 0.2) is 0 Å². The molecule has 1 unspecified atom stereocenters. The number of pyridine rings is 1. The molecule has 1 aromatic rings. The van der Waals surface area contributed by atoms with Crippen LogP contribution in [0, 0.1) is 0 Å². The predicted octanol–water partition coefficient (Wildman–Crippen LogP) is 2.65. The smallest absolute Gasteiger partial charge is 0.129 e. The second-order valence-corrected chi connectivity index (χ2v) is 5.46. The molecule has 0 aromatic carbocycles. The highest BCUT2D eigenvalue weighted by atomic mass is 35.5. The maximum absolute atomic E-state index is 5.91. The van der Waals surface area contributed by atoms with Gasteiger partial charge in [-0.2, -0.15) is 0 Å². The Kier molecular flexibility index (Phi) is 4.98. The number of halogens is 1. The van der Waals surface area contributed by atoms with Crippen molar-refractivity contribution in [3.8, 4) is 0 Å². The third kappa shape index (κ3) is 3.67. The Bertz CT molecular complexity index is 383. The van der Waals surface area contributed by atoms with Gasteiger partial charge in [0.05, 0.1) is 5.69 Å². The predicted molar refractivity (Wildman–Crippen MR) is 75.9 cm³/mol. The Labute approximate surface area is 115 Å². The largest absolute Gasteiger partial charge is 0.299 e. The van der Waals surface area contributed by atoms with Gasteiger partial charge >= 0.3 is 0 Å². The molecular formula is C14H22ClN3. The van der Waals surface area contributed by atoms with Gasteiger partial charge in [-0.05, 0) is 45.1 Å². The van der Waals surface area contributed by atoms with E-state index in [1.807, 2.05) is 18.2 Å². The first-order valence-corrected chi connectivity index (χ1v) is 7.11. The highest BCUT2D eigenvalue weighted by molar-refractivity contribution is 6.29. The summed E-state index contributed by atoms with van der Waals surface area (Å²) in [6, 6.07) is 6.53. The maximum atomic E-state index is 5.91. The van der Waals surface area contributed by atoms with Crippen molar-refractivity contribution in [2.75, 3.05) is 26.7 Å². The molecule has 1 fully saturated rings. The average molecular weight is 268 g/mol. The van der Waals surface area contributed by atoms with Crippen LogP contribution >= 0.6 is 11.6 Å². The minimum Gasteiger partial charge on any atom is -0.299 e. The molecule has 2 rings (SSSR count). The summed E-state index contributed by atoms with van der Waals surface area (Å²) in [6.45, 7) is 6.64. The molecule has 0 saturated carbocycles. The third-order valence-corrected chi connectivity index (χ3v) is 3.84. The quantitative estimate of drug-likeness (QED) is 0.765. The van der Waals surface area contributed by atoms with E-state index in [-0.39, 0.29) is 0 Å². The fourth-order valence-corrected chi connectivity index (χ4v) is 2.94. The second kappa shape index (κ2) is 6.50. The van der Waals surface area contributed by atoms with Crippen LogP contribution in [0.3, 0.4) is 0 Å². The van der Waals surface area contributed by atoms with E-state index in [1.54, 1.807) is 0 Å². The topological polar surface area (TPSA) is 19.4 Å². The first kappa shape index (κ1) is 13.8. The van der Waals surface area contributed by atoms with Crippen LogP contribution in [0.2, 0.25) is 5.15 Å². The van der Waals surface area contributed by atoms with E-state index in [4.69, 9.17) is 11.6 Å². The van der Waals surface area contributed by atoms with E-state index in [0.29, 0.717) is 11.2 Å². The van der Waals surface area contributed by atoms with Gasteiger partial charge in [-0.25, -0.2) is 4.98 Å². The van der Waals surface area contributed by atoms with Gasteiger partial charge in [0, 0.05) is 19.1 Å². The number of rotatable bonds is 5. The Morgan fingerprint density at radius 3 is 3.06 bits per heavy atom. The highest BCUT2D eigenvalue weighted by Crippen LogP contribution is 2.18. The number of aromatic nitrogens is 1. The van der Waals surface area contributed by atoms with E-state index < -0.39 is 0 Å². The summed E-state index contributed by atoms with van der Waals surface area (Å²) in [4.78, 5) is 9.25. The molecule has 0 aliphatic carbocycles. The lowest BCUT2D eigenvalue weighted by atomic mass is 10.2. The lowest BCUT2D eigenvalue weighted by Crippen LogP contribution is -2.38. The normalized spacial score (nSPS) is 20.8. The summed E-state index contributed by atoms with van der Waals surface area (Å²) in [5, 5.41) is 0.581.